The summed E-state index contributed by atoms with van der Waals surface area (Å²) in [7, 11) is 0. The van der Waals surface area contributed by atoms with Gasteiger partial charge in [-0.3, -0.25) is 14.6 Å². The number of rotatable bonds is 5. The zero-order valence-electron chi connectivity index (χ0n) is 15.4. The van der Waals surface area contributed by atoms with Crippen LogP contribution in [0.25, 0.3) is 10.8 Å². The van der Waals surface area contributed by atoms with Crippen LogP contribution < -0.4 is 10.9 Å². The second kappa shape index (κ2) is 8.02. The molecule has 144 valence electrons. The fourth-order valence-corrected chi connectivity index (χ4v) is 3.11. The number of nitrogens with zero attached hydrogens (tertiary/aromatic N) is 3. The highest BCUT2D eigenvalue weighted by molar-refractivity contribution is 5.94. The minimum Gasteiger partial charge on any atom is -0.346 e. The lowest BCUT2D eigenvalue weighted by Crippen LogP contribution is -2.29. The average Bonchev–Trinajstić information content (AvgIpc) is 2.76. The van der Waals surface area contributed by atoms with Gasteiger partial charge in [-0.15, -0.1) is 0 Å². The van der Waals surface area contributed by atoms with Crippen LogP contribution in [0.1, 0.15) is 21.6 Å². The monoisotopic (exact) mass is 388 g/mol. The molecule has 2 heterocycles. The number of benzene rings is 2. The fraction of sp³-hybridized carbons (Fsp3) is 0.0909. The molecule has 7 heteroatoms. The van der Waals surface area contributed by atoms with Crippen molar-refractivity contribution in [1.82, 2.24) is 20.1 Å². The summed E-state index contributed by atoms with van der Waals surface area (Å²) >= 11 is 0. The van der Waals surface area contributed by atoms with Crippen LogP contribution in [0.15, 0.2) is 77.9 Å². The molecule has 2 aromatic carbocycles. The molecule has 4 aromatic rings. The molecule has 0 bridgehead atoms. The average molecular weight is 388 g/mol. The van der Waals surface area contributed by atoms with E-state index in [4.69, 9.17) is 0 Å². The number of halogens is 1. The molecule has 0 fully saturated rings. The van der Waals surface area contributed by atoms with Crippen molar-refractivity contribution in [1.29, 1.82) is 0 Å². The van der Waals surface area contributed by atoms with Crippen molar-refractivity contribution in [2.45, 2.75) is 13.1 Å². The molecule has 0 unspecified atom stereocenters. The summed E-state index contributed by atoms with van der Waals surface area (Å²) in [6.45, 7) is 0.312. The molecule has 0 saturated carbocycles. The summed E-state index contributed by atoms with van der Waals surface area (Å²) in [6, 6.07) is 16.5. The largest absolute Gasteiger partial charge is 0.346 e. The summed E-state index contributed by atoms with van der Waals surface area (Å²) in [6.07, 6.45) is 3.33. The Balaban J connectivity index is 1.68. The highest BCUT2D eigenvalue weighted by atomic mass is 19.1. The SMILES string of the molecule is O=C(NCc1nn(Cc2cccnc2)c(=O)c2ccccc12)c1ccccc1F. The van der Waals surface area contributed by atoms with Gasteiger partial charge in [0.15, 0.2) is 0 Å². The Morgan fingerprint density at radius 3 is 2.52 bits per heavy atom. The Morgan fingerprint density at radius 1 is 1.00 bits per heavy atom. The number of fused-ring (bicyclic) bond motifs is 1. The fourth-order valence-electron chi connectivity index (χ4n) is 3.11. The van der Waals surface area contributed by atoms with Crippen LogP contribution in [0.5, 0.6) is 0 Å². The third-order valence-corrected chi connectivity index (χ3v) is 4.53. The molecule has 4 rings (SSSR count). The van der Waals surface area contributed by atoms with Crippen LogP contribution in [-0.4, -0.2) is 20.7 Å². The van der Waals surface area contributed by atoms with Gasteiger partial charge in [-0.05, 0) is 29.8 Å². The predicted octanol–water partition coefficient (Wildman–Crippen LogP) is 2.91. The highest BCUT2D eigenvalue weighted by Gasteiger charge is 2.14. The summed E-state index contributed by atoms with van der Waals surface area (Å²) in [4.78, 5) is 29.3. The number of carbonyl (C=O) groups is 1. The van der Waals surface area contributed by atoms with Crippen molar-refractivity contribution >= 4 is 16.7 Å². The van der Waals surface area contributed by atoms with Crippen molar-refractivity contribution in [3.63, 3.8) is 0 Å². The van der Waals surface area contributed by atoms with Crippen LogP contribution in [0.3, 0.4) is 0 Å². The van der Waals surface area contributed by atoms with Gasteiger partial charge in [-0.2, -0.15) is 5.10 Å². The van der Waals surface area contributed by atoms with E-state index < -0.39 is 11.7 Å². The van der Waals surface area contributed by atoms with Crippen molar-refractivity contribution in [2.24, 2.45) is 0 Å². The minimum absolute atomic E-state index is 0.0412. The van der Waals surface area contributed by atoms with Gasteiger partial charge in [0.05, 0.1) is 29.7 Å². The normalized spacial score (nSPS) is 10.8. The highest BCUT2D eigenvalue weighted by Crippen LogP contribution is 2.14. The van der Waals surface area contributed by atoms with Gasteiger partial charge in [0, 0.05) is 17.8 Å². The Hall–Kier alpha value is -3.87. The van der Waals surface area contributed by atoms with E-state index in [2.05, 4.69) is 15.4 Å². The number of carbonyl (C=O) groups excluding carboxylic acids is 1. The zero-order valence-corrected chi connectivity index (χ0v) is 15.4. The van der Waals surface area contributed by atoms with Gasteiger partial charge in [-0.25, -0.2) is 9.07 Å². The summed E-state index contributed by atoms with van der Waals surface area (Å²) < 4.78 is 15.2. The Labute approximate surface area is 165 Å². The van der Waals surface area contributed by atoms with E-state index in [-0.39, 0.29) is 24.2 Å². The second-order valence-electron chi connectivity index (χ2n) is 6.48. The van der Waals surface area contributed by atoms with Gasteiger partial charge < -0.3 is 5.32 Å². The lowest BCUT2D eigenvalue weighted by atomic mass is 10.1. The zero-order chi connectivity index (χ0) is 20.2. The third-order valence-electron chi connectivity index (χ3n) is 4.53. The van der Waals surface area contributed by atoms with E-state index in [1.165, 1.54) is 22.9 Å². The first kappa shape index (κ1) is 18.5. The second-order valence-corrected chi connectivity index (χ2v) is 6.48. The maximum absolute atomic E-state index is 13.9. The third kappa shape index (κ3) is 3.89. The predicted molar refractivity (Wildman–Crippen MR) is 107 cm³/mol. The Morgan fingerprint density at radius 2 is 1.76 bits per heavy atom. The van der Waals surface area contributed by atoms with Crippen molar-refractivity contribution in [3.8, 4) is 0 Å². The van der Waals surface area contributed by atoms with Crippen LogP contribution in [0.4, 0.5) is 4.39 Å². The van der Waals surface area contributed by atoms with Gasteiger partial charge in [0.1, 0.15) is 5.82 Å². The molecule has 6 nitrogen and oxygen atoms in total. The topological polar surface area (TPSA) is 76.9 Å². The molecule has 0 aliphatic rings. The maximum Gasteiger partial charge on any atom is 0.274 e. The number of aromatic nitrogens is 3. The van der Waals surface area contributed by atoms with E-state index in [0.29, 0.717) is 16.5 Å². The van der Waals surface area contributed by atoms with E-state index in [1.54, 1.807) is 48.8 Å². The lowest BCUT2D eigenvalue weighted by molar-refractivity contribution is 0.0946. The van der Waals surface area contributed by atoms with Crippen molar-refractivity contribution in [3.05, 3.63) is 106 Å². The van der Waals surface area contributed by atoms with Gasteiger partial charge in [0.2, 0.25) is 0 Å². The molecule has 1 N–H and O–H groups in total. The molecule has 0 radical (unpaired) electrons. The molecule has 29 heavy (non-hydrogen) atoms. The molecule has 0 aliphatic heterocycles. The first-order valence-corrected chi connectivity index (χ1v) is 9.04. The molecule has 0 aliphatic carbocycles. The van der Waals surface area contributed by atoms with Crippen LogP contribution in [0.2, 0.25) is 0 Å². The van der Waals surface area contributed by atoms with Gasteiger partial charge in [-0.1, -0.05) is 36.4 Å². The molecular formula is C22H17FN4O2. The molecule has 0 atom stereocenters. The van der Waals surface area contributed by atoms with E-state index in [9.17, 15) is 14.0 Å². The van der Waals surface area contributed by atoms with Crippen molar-refractivity contribution in [2.75, 3.05) is 0 Å². The van der Waals surface area contributed by atoms with E-state index >= 15 is 0 Å². The van der Waals surface area contributed by atoms with Gasteiger partial charge in [0.25, 0.3) is 11.5 Å². The smallest absolute Gasteiger partial charge is 0.274 e. The summed E-state index contributed by atoms with van der Waals surface area (Å²) in [5.41, 5.74) is 1.08. The Bertz CT molecular complexity index is 1240. The number of hydrogen-bond donors (Lipinski definition) is 1. The first-order chi connectivity index (χ1) is 14.1. The molecule has 0 spiro atoms. The maximum atomic E-state index is 13.9. The minimum atomic E-state index is -0.593. The lowest BCUT2D eigenvalue weighted by Gasteiger charge is -2.12. The number of pyridine rings is 1. The van der Waals surface area contributed by atoms with E-state index in [1.807, 2.05) is 6.07 Å². The summed E-state index contributed by atoms with van der Waals surface area (Å²) in [5, 5.41) is 8.29. The molecule has 2 aromatic heterocycles. The number of hydrogen-bond acceptors (Lipinski definition) is 4. The van der Waals surface area contributed by atoms with Crippen LogP contribution in [0, 0.1) is 5.82 Å². The van der Waals surface area contributed by atoms with Crippen LogP contribution in [-0.2, 0) is 13.1 Å². The molecule has 0 saturated heterocycles. The summed E-state index contributed by atoms with van der Waals surface area (Å²) in [5.74, 6) is -1.14. The van der Waals surface area contributed by atoms with E-state index in [0.717, 1.165) is 5.56 Å². The quantitative estimate of drug-likeness (QED) is 0.570. The van der Waals surface area contributed by atoms with Crippen LogP contribution >= 0.6 is 0 Å². The number of amides is 1. The van der Waals surface area contributed by atoms with Crippen molar-refractivity contribution < 1.29 is 9.18 Å². The molecular weight excluding hydrogens is 371 g/mol. The standard InChI is InChI=1S/C22H17FN4O2/c23-19-10-4-3-9-18(19)21(28)25-13-20-16-7-1-2-8-17(16)22(29)27(26-20)14-15-6-5-11-24-12-15/h1-12H,13-14H2,(H,25,28). The Kier molecular flexibility index (Phi) is 5.11. The molecule has 1 amide bonds. The van der Waals surface area contributed by atoms with Gasteiger partial charge >= 0.3 is 0 Å². The first-order valence-electron chi connectivity index (χ1n) is 9.04. The number of nitrogens with one attached hydrogen (secondary N) is 1.